The van der Waals surface area contributed by atoms with E-state index in [-0.39, 0.29) is 29.3 Å². The average molecular weight is 458 g/mol. The minimum atomic E-state index is -0.778. The Bertz CT molecular complexity index is 971. The Kier molecular flexibility index (Phi) is 8.14. The molecule has 1 aliphatic rings. The fourth-order valence-corrected chi connectivity index (χ4v) is 3.87. The molecule has 2 atom stereocenters. The predicted octanol–water partition coefficient (Wildman–Crippen LogP) is 3.53. The minimum absolute atomic E-state index is 0.0529. The number of rotatable bonds is 7. The summed E-state index contributed by atoms with van der Waals surface area (Å²) in [6.07, 6.45) is 1.79. The summed E-state index contributed by atoms with van der Waals surface area (Å²) in [5.74, 6) is -1.94. The van der Waals surface area contributed by atoms with Crippen molar-refractivity contribution in [1.29, 1.82) is 0 Å². The lowest BCUT2D eigenvalue weighted by Gasteiger charge is -2.36. The monoisotopic (exact) mass is 457 g/mol. The van der Waals surface area contributed by atoms with E-state index in [1.54, 1.807) is 4.90 Å². The van der Waals surface area contributed by atoms with Crippen LogP contribution in [0.3, 0.4) is 0 Å². The van der Waals surface area contributed by atoms with Crippen LogP contribution in [0.25, 0.3) is 0 Å². The van der Waals surface area contributed by atoms with Gasteiger partial charge in [-0.2, -0.15) is 0 Å². The molecule has 3 rings (SSSR count). The van der Waals surface area contributed by atoms with Crippen LogP contribution < -0.4 is 10.6 Å². The highest BCUT2D eigenvalue weighted by Crippen LogP contribution is 2.23. The summed E-state index contributed by atoms with van der Waals surface area (Å²) in [5, 5.41) is 5.74. The summed E-state index contributed by atoms with van der Waals surface area (Å²) in [4.78, 5) is 40.1. The number of nitrogens with zero attached hydrogens (tertiary/aromatic N) is 1. The zero-order chi connectivity index (χ0) is 24.0. The van der Waals surface area contributed by atoms with Crippen molar-refractivity contribution in [2.45, 2.75) is 45.2 Å². The molecule has 0 radical (unpaired) electrons. The smallest absolute Gasteiger partial charge is 0.253 e. The second-order valence-corrected chi connectivity index (χ2v) is 8.41. The first kappa shape index (κ1) is 24.4. The predicted molar refractivity (Wildman–Crippen MR) is 121 cm³/mol. The fraction of sp³-hybridized carbons (Fsp3) is 0.400. The lowest BCUT2D eigenvalue weighted by molar-refractivity contribution is -0.125. The molecule has 0 bridgehead atoms. The van der Waals surface area contributed by atoms with Crippen LogP contribution in [0.1, 0.15) is 53.8 Å². The molecule has 2 aromatic carbocycles. The Morgan fingerprint density at radius 3 is 1.94 bits per heavy atom. The molecule has 176 valence electrons. The van der Waals surface area contributed by atoms with Crippen molar-refractivity contribution < 1.29 is 23.2 Å². The van der Waals surface area contributed by atoms with E-state index >= 15 is 0 Å². The van der Waals surface area contributed by atoms with Crippen molar-refractivity contribution >= 4 is 17.7 Å². The second kappa shape index (κ2) is 11.0. The summed E-state index contributed by atoms with van der Waals surface area (Å²) in [6, 6.07) is 9.72. The van der Waals surface area contributed by atoms with Crippen molar-refractivity contribution in [3.63, 3.8) is 0 Å². The number of piperidine rings is 1. The fourth-order valence-electron chi connectivity index (χ4n) is 3.87. The van der Waals surface area contributed by atoms with Crippen molar-refractivity contribution in [2.75, 3.05) is 13.1 Å². The Labute approximate surface area is 192 Å². The number of halogens is 2. The van der Waals surface area contributed by atoms with Gasteiger partial charge in [-0.1, -0.05) is 6.92 Å². The van der Waals surface area contributed by atoms with Crippen LogP contribution in [0.2, 0.25) is 0 Å². The molecule has 0 aliphatic carbocycles. The lowest BCUT2D eigenvalue weighted by atomic mass is 9.88. The van der Waals surface area contributed by atoms with E-state index in [1.807, 2.05) is 13.8 Å². The maximum atomic E-state index is 13.2. The van der Waals surface area contributed by atoms with Crippen molar-refractivity contribution in [3.05, 3.63) is 71.3 Å². The van der Waals surface area contributed by atoms with E-state index in [0.29, 0.717) is 31.5 Å². The van der Waals surface area contributed by atoms with E-state index < -0.39 is 23.6 Å². The number of carbonyl (C=O) groups is 3. The molecule has 2 N–H and O–H groups in total. The first-order chi connectivity index (χ1) is 15.8. The highest BCUT2D eigenvalue weighted by Gasteiger charge is 2.34. The Hall–Kier alpha value is -3.29. The molecule has 0 spiro atoms. The number of amides is 3. The molecule has 8 heteroatoms. The van der Waals surface area contributed by atoms with E-state index in [1.165, 1.54) is 48.5 Å². The van der Waals surface area contributed by atoms with E-state index in [2.05, 4.69) is 10.6 Å². The summed E-state index contributed by atoms with van der Waals surface area (Å²) < 4.78 is 26.4. The average Bonchev–Trinajstić information content (AvgIpc) is 2.82. The third-order valence-electron chi connectivity index (χ3n) is 6.07. The highest BCUT2D eigenvalue weighted by atomic mass is 19.1. The molecule has 1 saturated heterocycles. The van der Waals surface area contributed by atoms with E-state index in [0.717, 1.165) is 6.42 Å². The van der Waals surface area contributed by atoms with Crippen LogP contribution in [0.15, 0.2) is 48.5 Å². The van der Waals surface area contributed by atoms with Gasteiger partial charge < -0.3 is 15.5 Å². The Balaban J connectivity index is 1.69. The van der Waals surface area contributed by atoms with Gasteiger partial charge >= 0.3 is 0 Å². The first-order valence-electron chi connectivity index (χ1n) is 11.2. The molecule has 6 nitrogen and oxygen atoms in total. The summed E-state index contributed by atoms with van der Waals surface area (Å²) in [5.41, 5.74) is 0.673. The van der Waals surface area contributed by atoms with Gasteiger partial charge in [0, 0.05) is 30.3 Å². The third kappa shape index (κ3) is 6.37. The number of hydrogen-bond donors (Lipinski definition) is 2. The van der Waals surface area contributed by atoms with Crippen LogP contribution in [-0.4, -0.2) is 47.8 Å². The van der Waals surface area contributed by atoms with E-state index in [9.17, 15) is 23.2 Å². The third-order valence-corrected chi connectivity index (χ3v) is 6.07. The number of nitrogens with one attached hydrogen (secondary N) is 2. The van der Waals surface area contributed by atoms with Gasteiger partial charge in [0.1, 0.15) is 17.7 Å². The standard InChI is InChI=1S/C25H29F2N3O3/c1-3-16(2)28-24(32)22(29-23(31)18-4-8-20(26)9-5-18)17-12-14-30(15-13-17)25(33)19-6-10-21(27)11-7-19/h4-11,16-17,22H,3,12-15H2,1-2H3,(H,28,32)(H,29,31)/t16-,22-/m1/s1. The number of likely N-dealkylation sites (tertiary alicyclic amines) is 1. The Morgan fingerprint density at radius 2 is 1.42 bits per heavy atom. The Morgan fingerprint density at radius 1 is 0.909 bits per heavy atom. The van der Waals surface area contributed by atoms with E-state index in [4.69, 9.17) is 0 Å². The summed E-state index contributed by atoms with van der Waals surface area (Å²) >= 11 is 0. The zero-order valence-corrected chi connectivity index (χ0v) is 18.8. The maximum absolute atomic E-state index is 13.2. The number of benzene rings is 2. The van der Waals surface area contributed by atoms with Gasteiger partial charge in [0.05, 0.1) is 0 Å². The van der Waals surface area contributed by atoms with Gasteiger partial charge in [0.25, 0.3) is 11.8 Å². The van der Waals surface area contributed by atoms with Gasteiger partial charge in [-0.3, -0.25) is 14.4 Å². The van der Waals surface area contributed by atoms with Crippen LogP contribution >= 0.6 is 0 Å². The SMILES string of the molecule is CC[C@@H](C)NC(=O)[C@H](NC(=O)c1ccc(F)cc1)C1CCN(C(=O)c2ccc(F)cc2)CC1. The molecule has 0 unspecified atom stereocenters. The lowest BCUT2D eigenvalue weighted by Crippen LogP contribution is -2.55. The number of carbonyl (C=O) groups excluding carboxylic acids is 3. The van der Waals surface area contributed by atoms with Crippen molar-refractivity contribution in [1.82, 2.24) is 15.5 Å². The summed E-state index contributed by atoms with van der Waals surface area (Å²) in [6.45, 7) is 4.68. The molecular weight excluding hydrogens is 428 g/mol. The van der Waals surface area contributed by atoms with Gasteiger partial charge in [-0.25, -0.2) is 8.78 Å². The van der Waals surface area contributed by atoms with Gasteiger partial charge in [0.15, 0.2) is 0 Å². The van der Waals surface area contributed by atoms with Crippen LogP contribution in [-0.2, 0) is 4.79 Å². The van der Waals surface area contributed by atoms with Gasteiger partial charge in [0.2, 0.25) is 5.91 Å². The maximum Gasteiger partial charge on any atom is 0.253 e. The molecule has 1 fully saturated rings. The zero-order valence-electron chi connectivity index (χ0n) is 18.8. The normalized spacial score (nSPS) is 16.1. The summed E-state index contributed by atoms with van der Waals surface area (Å²) in [7, 11) is 0. The molecule has 0 aromatic heterocycles. The first-order valence-corrected chi connectivity index (χ1v) is 11.2. The van der Waals surface area contributed by atoms with Gasteiger partial charge in [-0.15, -0.1) is 0 Å². The molecule has 1 heterocycles. The number of hydrogen-bond acceptors (Lipinski definition) is 3. The largest absolute Gasteiger partial charge is 0.352 e. The second-order valence-electron chi connectivity index (χ2n) is 8.41. The van der Waals surface area contributed by atoms with Crippen LogP contribution in [0.4, 0.5) is 8.78 Å². The van der Waals surface area contributed by atoms with Gasteiger partial charge in [-0.05, 0) is 80.6 Å². The topological polar surface area (TPSA) is 78.5 Å². The molecule has 1 aliphatic heterocycles. The molecule has 33 heavy (non-hydrogen) atoms. The molecule has 2 aromatic rings. The quantitative estimate of drug-likeness (QED) is 0.668. The molecule has 3 amide bonds. The van der Waals surface area contributed by atoms with Crippen LogP contribution in [0.5, 0.6) is 0 Å². The van der Waals surface area contributed by atoms with Crippen LogP contribution in [0, 0.1) is 17.6 Å². The van der Waals surface area contributed by atoms with Crippen molar-refractivity contribution in [2.24, 2.45) is 5.92 Å². The van der Waals surface area contributed by atoms with Crippen molar-refractivity contribution in [3.8, 4) is 0 Å². The minimum Gasteiger partial charge on any atom is -0.352 e. The molecular formula is C25H29F2N3O3. The highest BCUT2D eigenvalue weighted by molar-refractivity contribution is 5.97. The molecule has 0 saturated carbocycles.